The van der Waals surface area contributed by atoms with E-state index in [2.05, 4.69) is 11.8 Å². The van der Waals surface area contributed by atoms with Gasteiger partial charge in [-0.1, -0.05) is 6.92 Å². The van der Waals surface area contributed by atoms with Gasteiger partial charge in [0.1, 0.15) is 6.29 Å². The average molecular weight is 177 g/mol. The molecule has 1 aromatic rings. The van der Waals surface area contributed by atoms with Crippen LogP contribution in [0.5, 0.6) is 0 Å². The Bertz CT molecular complexity index is 305. The Morgan fingerprint density at radius 1 is 1.38 bits per heavy atom. The Hall–Kier alpha value is -1.31. The number of hydrogen-bond acceptors (Lipinski definition) is 2. The average Bonchev–Trinajstić information content (AvgIpc) is 2.16. The monoisotopic (exact) mass is 177 g/mol. The molecule has 0 radical (unpaired) electrons. The molecule has 2 heteroatoms. The second-order valence-electron chi connectivity index (χ2n) is 3.25. The van der Waals surface area contributed by atoms with Crippen LogP contribution in [0.2, 0.25) is 0 Å². The lowest BCUT2D eigenvalue weighted by molar-refractivity contribution is 0.112. The minimum Gasteiger partial charge on any atom is -0.377 e. The van der Waals surface area contributed by atoms with Gasteiger partial charge in [-0.15, -0.1) is 0 Å². The van der Waals surface area contributed by atoms with Crippen molar-refractivity contribution in [3.63, 3.8) is 0 Å². The molecule has 0 aromatic heterocycles. The molecule has 0 N–H and O–H groups in total. The molecule has 1 rings (SSSR count). The van der Waals surface area contributed by atoms with E-state index in [1.807, 2.05) is 32.3 Å². The largest absolute Gasteiger partial charge is 0.377 e. The van der Waals surface area contributed by atoms with Gasteiger partial charge in [-0.2, -0.15) is 0 Å². The molecule has 0 saturated carbocycles. The van der Waals surface area contributed by atoms with Crippen LogP contribution >= 0.6 is 0 Å². The molecule has 13 heavy (non-hydrogen) atoms. The first-order valence-corrected chi connectivity index (χ1v) is 4.44. The van der Waals surface area contributed by atoms with Crippen molar-refractivity contribution in [2.75, 3.05) is 19.0 Å². The van der Waals surface area contributed by atoms with Gasteiger partial charge < -0.3 is 4.90 Å². The molecular formula is C11H15NO. The number of carbonyl (C=O) groups excluding carboxylic acids is 1. The van der Waals surface area contributed by atoms with E-state index < -0.39 is 0 Å². The van der Waals surface area contributed by atoms with Crippen molar-refractivity contribution in [3.05, 3.63) is 29.3 Å². The highest BCUT2D eigenvalue weighted by molar-refractivity contribution is 5.77. The summed E-state index contributed by atoms with van der Waals surface area (Å²) in [4.78, 5) is 12.6. The maximum Gasteiger partial charge on any atom is 0.150 e. The molecule has 0 atom stereocenters. The highest BCUT2D eigenvalue weighted by atomic mass is 16.1. The third kappa shape index (κ3) is 2.08. The second-order valence-corrected chi connectivity index (χ2v) is 3.25. The first-order valence-electron chi connectivity index (χ1n) is 4.44. The zero-order valence-corrected chi connectivity index (χ0v) is 8.37. The van der Waals surface area contributed by atoms with Gasteiger partial charge in [0, 0.05) is 25.3 Å². The summed E-state index contributed by atoms with van der Waals surface area (Å²) in [6, 6.07) is 5.78. The van der Waals surface area contributed by atoms with Crippen LogP contribution in [-0.4, -0.2) is 20.4 Å². The van der Waals surface area contributed by atoms with Gasteiger partial charge in [0.2, 0.25) is 0 Å². The normalized spacial score (nSPS) is 9.77. The van der Waals surface area contributed by atoms with Gasteiger partial charge in [-0.3, -0.25) is 4.79 Å². The van der Waals surface area contributed by atoms with E-state index in [1.54, 1.807) is 0 Å². The number of hydrogen-bond donors (Lipinski definition) is 0. The third-order valence-corrected chi connectivity index (χ3v) is 2.10. The minimum absolute atomic E-state index is 0.752. The summed E-state index contributed by atoms with van der Waals surface area (Å²) in [5.41, 5.74) is 3.16. The first kappa shape index (κ1) is 9.78. The van der Waals surface area contributed by atoms with Crippen molar-refractivity contribution in [2.24, 2.45) is 0 Å². The van der Waals surface area contributed by atoms with Crippen LogP contribution in [0.3, 0.4) is 0 Å². The number of nitrogens with zero attached hydrogens (tertiary/aromatic N) is 1. The molecule has 0 amide bonds. The Labute approximate surface area is 79.2 Å². The molecule has 0 saturated heterocycles. The van der Waals surface area contributed by atoms with Crippen LogP contribution < -0.4 is 4.90 Å². The number of aldehydes is 1. The van der Waals surface area contributed by atoms with E-state index in [1.165, 1.54) is 11.3 Å². The lowest BCUT2D eigenvalue weighted by Gasteiger charge is -2.16. The van der Waals surface area contributed by atoms with E-state index in [9.17, 15) is 4.79 Å². The molecule has 0 fully saturated rings. The molecular weight excluding hydrogens is 162 g/mol. The van der Waals surface area contributed by atoms with Gasteiger partial charge >= 0.3 is 0 Å². The zero-order chi connectivity index (χ0) is 9.84. The van der Waals surface area contributed by atoms with Crippen molar-refractivity contribution >= 4 is 12.0 Å². The molecule has 0 bridgehead atoms. The lowest BCUT2D eigenvalue weighted by atomic mass is 10.1. The smallest absolute Gasteiger partial charge is 0.150 e. The van der Waals surface area contributed by atoms with E-state index in [0.29, 0.717) is 0 Å². The Morgan fingerprint density at radius 3 is 2.54 bits per heavy atom. The Morgan fingerprint density at radius 2 is 2.08 bits per heavy atom. The minimum atomic E-state index is 0.752. The topological polar surface area (TPSA) is 20.3 Å². The highest BCUT2D eigenvalue weighted by Crippen LogP contribution is 2.19. The fourth-order valence-corrected chi connectivity index (χ4v) is 1.40. The SMILES string of the molecule is CCc1cc(C=O)ccc1N(C)C. The summed E-state index contributed by atoms with van der Waals surface area (Å²) >= 11 is 0. The first-order chi connectivity index (χ1) is 6.19. The van der Waals surface area contributed by atoms with E-state index in [-0.39, 0.29) is 0 Å². The number of benzene rings is 1. The van der Waals surface area contributed by atoms with Gasteiger partial charge in [0.25, 0.3) is 0 Å². The molecule has 0 unspecified atom stereocenters. The van der Waals surface area contributed by atoms with Crippen LogP contribution in [-0.2, 0) is 6.42 Å². The predicted octanol–water partition coefficient (Wildman–Crippen LogP) is 2.13. The van der Waals surface area contributed by atoms with E-state index in [0.717, 1.165) is 18.3 Å². The van der Waals surface area contributed by atoms with Crippen molar-refractivity contribution in [1.82, 2.24) is 0 Å². The molecule has 0 heterocycles. The van der Waals surface area contributed by atoms with Crippen molar-refractivity contribution in [2.45, 2.75) is 13.3 Å². The van der Waals surface area contributed by atoms with Crippen LogP contribution in [0.15, 0.2) is 18.2 Å². The maximum atomic E-state index is 10.5. The van der Waals surface area contributed by atoms with Gasteiger partial charge in [0.15, 0.2) is 0 Å². The van der Waals surface area contributed by atoms with Crippen LogP contribution in [0, 0.1) is 0 Å². The fraction of sp³-hybridized carbons (Fsp3) is 0.364. The maximum absolute atomic E-state index is 10.5. The molecule has 2 nitrogen and oxygen atoms in total. The number of anilines is 1. The summed E-state index contributed by atoms with van der Waals surface area (Å²) in [6.07, 6.45) is 1.84. The van der Waals surface area contributed by atoms with Crippen LogP contribution in [0.4, 0.5) is 5.69 Å². The molecule has 0 aliphatic rings. The van der Waals surface area contributed by atoms with Gasteiger partial charge in [-0.05, 0) is 30.2 Å². The zero-order valence-electron chi connectivity index (χ0n) is 8.37. The van der Waals surface area contributed by atoms with E-state index in [4.69, 9.17) is 0 Å². The quantitative estimate of drug-likeness (QED) is 0.659. The second kappa shape index (κ2) is 4.08. The number of aryl methyl sites for hydroxylation is 1. The molecule has 1 aromatic carbocycles. The Kier molecular flexibility index (Phi) is 3.07. The summed E-state index contributed by atoms with van der Waals surface area (Å²) in [5.74, 6) is 0. The Balaban J connectivity index is 3.15. The molecule has 0 aliphatic carbocycles. The lowest BCUT2D eigenvalue weighted by Crippen LogP contribution is -2.11. The highest BCUT2D eigenvalue weighted by Gasteiger charge is 2.03. The number of carbonyl (C=O) groups is 1. The molecule has 70 valence electrons. The van der Waals surface area contributed by atoms with Crippen molar-refractivity contribution in [1.29, 1.82) is 0 Å². The summed E-state index contributed by atoms with van der Waals surface area (Å²) in [5, 5.41) is 0. The summed E-state index contributed by atoms with van der Waals surface area (Å²) in [6.45, 7) is 2.09. The van der Waals surface area contributed by atoms with E-state index >= 15 is 0 Å². The fourth-order valence-electron chi connectivity index (χ4n) is 1.40. The summed E-state index contributed by atoms with van der Waals surface area (Å²) < 4.78 is 0. The molecule has 0 aliphatic heterocycles. The van der Waals surface area contributed by atoms with Gasteiger partial charge in [0.05, 0.1) is 0 Å². The standard InChI is InChI=1S/C11H15NO/c1-4-10-7-9(8-13)5-6-11(10)12(2)3/h5-8H,4H2,1-3H3. The number of rotatable bonds is 3. The van der Waals surface area contributed by atoms with Crippen LogP contribution in [0.25, 0.3) is 0 Å². The van der Waals surface area contributed by atoms with Crippen molar-refractivity contribution in [3.8, 4) is 0 Å². The predicted molar refractivity (Wildman–Crippen MR) is 55.5 cm³/mol. The van der Waals surface area contributed by atoms with Gasteiger partial charge in [-0.25, -0.2) is 0 Å². The van der Waals surface area contributed by atoms with Crippen LogP contribution in [0.1, 0.15) is 22.8 Å². The third-order valence-electron chi connectivity index (χ3n) is 2.10. The molecule has 0 spiro atoms. The summed E-state index contributed by atoms with van der Waals surface area (Å²) in [7, 11) is 4.02. The van der Waals surface area contributed by atoms with Crippen molar-refractivity contribution < 1.29 is 4.79 Å².